The average molecular weight is 381 g/mol. The summed E-state index contributed by atoms with van der Waals surface area (Å²) in [5, 5.41) is 0. The molecular formula is C19H26BF2NO4. The summed E-state index contributed by atoms with van der Waals surface area (Å²) in [6.45, 7) is 7.35. The van der Waals surface area contributed by atoms with Gasteiger partial charge in [-0.2, -0.15) is 0 Å². The van der Waals surface area contributed by atoms with Crippen molar-refractivity contribution in [1.29, 1.82) is 0 Å². The summed E-state index contributed by atoms with van der Waals surface area (Å²) in [5.41, 5.74) is 0.341. The molecule has 0 bridgehead atoms. The van der Waals surface area contributed by atoms with Gasteiger partial charge in [-0.1, -0.05) is 6.07 Å². The first kappa shape index (κ1) is 20.1. The van der Waals surface area contributed by atoms with Crippen molar-refractivity contribution in [3.63, 3.8) is 0 Å². The number of nitrogens with zero attached hydrogens (tertiary/aromatic N) is 1. The Kier molecular flexibility index (Phi) is 5.01. The van der Waals surface area contributed by atoms with Gasteiger partial charge in [0.05, 0.1) is 31.3 Å². The maximum absolute atomic E-state index is 13.5. The molecule has 2 aliphatic heterocycles. The van der Waals surface area contributed by atoms with E-state index in [0.717, 1.165) is 0 Å². The third-order valence-electron chi connectivity index (χ3n) is 5.72. The smallest absolute Gasteiger partial charge is 0.495 e. The monoisotopic (exact) mass is 381 g/mol. The first-order chi connectivity index (χ1) is 12.4. The van der Waals surface area contributed by atoms with Gasteiger partial charge in [-0.3, -0.25) is 4.79 Å². The molecule has 3 rings (SSSR count). The highest BCUT2D eigenvalue weighted by Gasteiger charge is 2.52. The number of alkyl halides is 2. The van der Waals surface area contributed by atoms with Gasteiger partial charge in [0.25, 0.3) is 5.92 Å². The Morgan fingerprint density at radius 2 is 1.85 bits per heavy atom. The van der Waals surface area contributed by atoms with Crippen molar-refractivity contribution < 1.29 is 27.6 Å². The molecule has 0 atom stereocenters. The molecule has 2 saturated heterocycles. The van der Waals surface area contributed by atoms with Crippen molar-refractivity contribution in [2.24, 2.45) is 0 Å². The molecule has 1 amide bonds. The van der Waals surface area contributed by atoms with E-state index in [1.807, 2.05) is 33.8 Å². The number of hydrogen-bond acceptors (Lipinski definition) is 4. The van der Waals surface area contributed by atoms with Crippen molar-refractivity contribution in [1.82, 2.24) is 4.90 Å². The molecule has 148 valence electrons. The van der Waals surface area contributed by atoms with E-state index in [1.165, 1.54) is 12.0 Å². The average Bonchev–Trinajstić information content (AvgIpc) is 3.03. The Bertz CT molecular complexity index is 722. The highest BCUT2D eigenvalue weighted by atomic mass is 19.3. The van der Waals surface area contributed by atoms with Crippen molar-refractivity contribution in [2.45, 2.75) is 57.7 Å². The maximum Gasteiger partial charge on any atom is 0.495 e. The lowest BCUT2D eigenvalue weighted by atomic mass is 9.75. The Hall–Kier alpha value is -1.67. The van der Waals surface area contributed by atoms with Crippen molar-refractivity contribution >= 4 is 18.5 Å². The normalized spacial score (nSPS) is 22.9. The highest BCUT2D eigenvalue weighted by Crippen LogP contribution is 2.37. The lowest BCUT2D eigenvalue weighted by Gasteiger charge is -2.32. The van der Waals surface area contributed by atoms with E-state index in [0.29, 0.717) is 16.8 Å². The van der Waals surface area contributed by atoms with E-state index >= 15 is 0 Å². The number of methoxy groups -OCH3 is 1. The molecule has 27 heavy (non-hydrogen) atoms. The fourth-order valence-corrected chi connectivity index (χ4v) is 3.29. The Balaban J connectivity index is 1.85. The van der Waals surface area contributed by atoms with Crippen LogP contribution in [0.2, 0.25) is 0 Å². The third-order valence-corrected chi connectivity index (χ3v) is 5.72. The van der Waals surface area contributed by atoms with E-state index in [2.05, 4.69) is 0 Å². The topological polar surface area (TPSA) is 48.0 Å². The molecule has 0 aliphatic carbocycles. The van der Waals surface area contributed by atoms with Crippen molar-refractivity contribution in [2.75, 3.05) is 20.2 Å². The van der Waals surface area contributed by atoms with Crippen LogP contribution >= 0.6 is 0 Å². The number of hydrogen-bond donors (Lipinski definition) is 0. The molecular weight excluding hydrogens is 355 g/mol. The highest BCUT2D eigenvalue weighted by molar-refractivity contribution is 6.62. The third kappa shape index (κ3) is 3.96. The van der Waals surface area contributed by atoms with E-state index in [-0.39, 0.29) is 25.3 Å². The molecule has 8 heteroatoms. The fourth-order valence-electron chi connectivity index (χ4n) is 3.29. The zero-order valence-electron chi connectivity index (χ0n) is 16.5. The van der Waals surface area contributed by atoms with Crippen LogP contribution in [0.4, 0.5) is 8.78 Å². The van der Waals surface area contributed by atoms with E-state index in [9.17, 15) is 13.6 Å². The Labute approximate surface area is 159 Å². The van der Waals surface area contributed by atoms with Crippen LogP contribution in [-0.4, -0.2) is 55.2 Å². The molecule has 0 saturated carbocycles. The van der Waals surface area contributed by atoms with Crippen LogP contribution in [0.25, 0.3) is 0 Å². The second kappa shape index (κ2) is 6.74. The van der Waals surface area contributed by atoms with E-state index in [4.69, 9.17) is 14.0 Å². The molecule has 5 nitrogen and oxygen atoms in total. The van der Waals surface area contributed by atoms with Crippen LogP contribution in [0.1, 0.15) is 39.7 Å². The molecule has 0 N–H and O–H groups in total. The van der Waals surface area contributed by atoms with Crippen LogP contribution in [-0.2, 0) is 20.5 Å². The molecule has 2 fully saturated rings. The first-order valence-electron chi connectivity index (χ1n) is 9.12. The molecule has 1 aromatic rings. The summed E-state index contributed by atoms with van der Waals surface area (Å²) >= 11 is 0. The largest absolute Gasteiger partial charge is 0.497 e. The summed E-state index contributed by atoms with van der Waals surface area (Å²) < 4.78 is 44.4. The van der Waals surface area contributed by atoms with E-state index in [1.54, 1.807) is 12.1 Å². The van der Waals surface area contributed by atoms with Gasteiger partial charge >= 0.3 is 7.12 Å². The number of benzene rings is 1. The van der Waals surface area contributed by atoms with E-state index < -0.39 is 30.8 Å². The number of carbonyl (C=O) groups is 1. The predicted octanol–water partition coefficient (Wildman–Crippen LogP) is 2.40. The van der Waals surface area contributed by atoms with Crippen LogP contribution in [0.3, 0.4) is 0 Å². The fraction of sp³-hybridized carbons (Fsp3) is 0.632. The van der Waals surface area contributed by atoms with Gasteiger partial charge in [-0.05, 0) is 50.9 Å². The number of carbonyl (C=O) groups excluding carboxylic acids is 1. The summed E-state index contributed by atoms with van der Waals surface area (Å²) in [7, 11) is 0.903. The second-order valence-electron chi connectivity index (χ2n) is 8.25. The van der Waals surface area contributed by atoms with Gasteiger partial charge in [0.1, 0.15) is 5.75 Å². The minimum Gasteiger partial charge on any atom is -0.497 e. The van der Waals surface area contributed by atoms with Gasteiger partial charge < -0.3 is 18.9 Å². The summed E-state index contributed by atoms with van der Waals surface area (Å²) in [5.74, 6) is -2.55. The van der Waals surface area contributed by atoms with Crippen molar-refractivity contribution in [3.05, 3.63) is 23.8 Å². The Morgan fingerprint density at radius 3 is 2.37 bits per heavy atom. The van der Waals surface area contributed by atoms with Gasteiger partial charge in [0, 0.05) is 13.0 Å². The maximum atomic E-state index is 13.5. The second-order valence-corrected chi connectivity index (χ2v) is 8.25. The molecule has 0 radical (unpaired) electrons. The van der Waals surface area contributed by atoms with Crippen LogP contribution < -0.4 is 10.2 Å². The van der Waals surface area contributed by atoms with Crippen LogP contribution in [0, 0.1) is 0 Å². The zero-order valence-corrected chi connectivity index (χ0v) is 16.5. The van der Waals surface area contributed by atoms with Gasteiger partial charge in [-0.25, -0.2) is 8.78 Å². The minimum atomic E-state index is -2.81. The molecule has 0 aromatic heterocycles. The molecule has 2 aliphatic rings. The molecule has 0 spiro atoms. The summed E-state index contributed by atoms with van der Waals surface area (Å²) in [4.78, 5) is 13.8. The zero-order chi connectivity index (χ0) is 20.0. The minimum absolute atomic E-state index is 0.00725. The SMILES string of the molecule is COc1ccc(B2OC(C)(C)C(C)(C)O2)c(CC(=O)N2CCC(F)(F)C2)c1. The standard InChI is InChI=1S/C19H26BF2NO4/c1-17(2)18(3,4)27-20(26-17)15-7-6-14(25-5)10-13(15)11-16(24)23-9-8-19(21,22)12-23/h6-7,10H,8-9,11-12H2,1-5H3. The number of ether oxygens (including phenoxy) is 1. The quantitative estimate of drug-likeness (QED) is 0.752. The van der Waals surface area contributed by atoms with Crippen molar-refractivity contribution in [3.8, 4) is 5.75 Å². The molecule has 2 heterocycles. The van der Waals surface area contributed by atoms with Crippen LogP contribution in [0.5, 0.6) is 5.75 Å². The lowest BCUT2D eigenvalue weighted by Crippen LogP contribution is -2.41. The van der Waals surface area contributed by atoms with Gasteiger partial charge in [0.15, 0.2) is 0 Å². The number of halogens is 2. The predicted molar refractivity (Wildman–Crippen MR) is 98.6 cm³/mol. The number of rotatable bonds is 4. The summed E-state index contributed by atoms with van der Waals surface area (Å²) in [6.07, 6.45) is -0.298. The van der Waals surface area contributed by atoms with Gasteiger partial charge in [0.2, 0.25) is 5.91 Å². The Morgan fingerprint density at radius 1 is 1.22 bits per heavy atom. The molecule has 0 unspecified atom stereocenters. The summed E-state index contributed by atoms with van der Waals surface area (Å²) in [6, 6.07) is 5.33. The number of likely N-dealkylation sites (tertiary alicyclic amines) is 1. The first-order valence-corrected chi connectivity index (χ1v) is 9.12. The van der Waals surface area contributed by atoms with Crippen LogP contribution in [0.15, 0.2) is 18.2 Å². The number of amides is 1. The lowest BCUT2D eigenvalue weighted by molar-refractivity contribution is -0.130. The van der Waals surface area contributed by atoms with Gasteiger partial charge in [-0.15, -0.1) is 0 Å². The molecule has 1 aromatic carbocycles.